The van der Waals surface area contributed by atoms with Crippen LogP contribution in [0.3, 0.4) is 0 Å². The molecular formula is C11H15NO5S. The fraction of sp³-hybridized carbons (Fsp3) is 0.364. The van der Waals surface area contributed by atoms with E-state index in [0.717, 1.165) is 0 Å². The minimum Gasteiger partial charge on any atom is -0.465 e. The van der Waals surface area contributed by atoms with Gasteiger partial charge in [0.2, 0.25) is 10.0 Å². The van der Waals surface area contributed by atoms with Crippen LogP contribution in [-0.2, 0) is 14.8 Å². The molecule has 0 radical (unpaired) electrons. The van der Waals surface area contributed by atoms with E-state index in [4.69, 9.17) is 5.11 Å². The molecule has 1 unspecified atom stereocenters. The number of carbonyl (C=O) groups excluding carboxylic acids is 1. The Bertz CT molecular complexity index is 509. The lowest BCUT2D eigenvalue weighted by Crippen LogP contribution is -2.34. The SMILES string of the molecule is COC(=O)c1ccc(S(=O)(=O)NC(C)CO)cc1. The number of methoxy groups -OCH3 is 1. The van der Waals surface area contributed by atoms with E-state index in [0.29, 0.717) is 0 Å². The maximum absolute atomic E-state index is 11.8. The number of aliphatic hydroxyl groups excluding tert-OH is 1. The van der Waals surface area contributed by atoms with Crippen LogP contribution in [0.2, 0.25) is 0 Å². The van der Waals surface area contributed by atoms with E-state index in [1.54, 1.807) is 6.92 Å². The summed E-state index contributed by atoms with van der Waals surface area (Å²) < 4.78 is 30.4. The predicted octanol–water partition coefficient (Wildman–Crippen LogP) is 0.132. The zero-order chi connectivity index (χ0) is 13.8. The molecule has 0 saturated heterocycles. The third kappa shape index (κ3) is 3.52. The molecule has 0 bridgehead atoms. The lowest BCUT2D eigenvalue weighted by molar-refractivity contribution is 0.0600. The van der Waals surface area contributed by atoms with Crippen molar-refractivity contribution in [2.75, 3.05) is 13.7 Å². The Morgan fingerprint density at radius 1 is 1.39 bits per heavy atom. The summed E-state index contributed by atoms with van der Waals surface area (Å²) in [4.78, 5) is 11.2. The first-order valence-corrected chi connectivity index (χ1v) is 6.70. The molecule has 100 valence electrons. The molecule has 0 saturated carbocycles. The Balaban J connectivity index is 2.94. The van der Waals surface area contributed by atoms with Crippen molar-refractivity contribution in [3.8, 4) is 0 Å². The minimum atomic E-state index is -3.68. The normalized spacial score (nSPS) is 13.1. The number of esters is 1. The third-order valence-corrected chi connectivity index (χ3v) is 3.82. The summed E-state index contributed by atoms with van der Waals surface area (Å²) >= 11 is 0. The second-order valence-electron chi connectivity index (χ2n) is 3.72. The Morgan fingerprint density at radius 3 is 2.39 bits per heavy atom. The monoisotopic (exact) mass is 273 g/mol. The summed E-state index contributed by atoms with van der Waals surface area (Å²) in [5.74, 6) is -0.532. The maximum Gasteiger partial charge on any atom is 0.337 e. The zero-order valence-corrected chi connectivity index (χ0v) is 10.9. The van der Waals surface area contributed by atoms with Gasteiger partial charge in [0, 0.05) is 6.04 Å². The van der Waals surface area contributed by atoms with E-state index in [1.807, 2.05) is 0 Å². The molecule has 0 heterocycles. The maximum atomic E-state index is 11.8. The minimum absolute atomic E-state index is 0.0236. The number of rotatable bonds is 5. The molecule has 1 rings (SSSR count). The molecule has 1 aromatic rings. The smallest absolute Gasteiger partial charge is 0.337 e. The van der Waals surface area contributed by atoms with Crippen LogP contribution in [0, 0.1) is 0 Å². The van der Waals surface area contributed by atoms with Gasteiger partial charge in [-0.25, -0.2) is 17.9 Å². The summed E-state index contributed by atoms with van der Waals surface area (Å²) in [7, 11) is -2.44. The lowest BCUT2D eigenvalue weighted by Gasteiger charge is -2.11. The highest BCUT2D eigenvalue weighted by Crippen LogP contribution is 2.11. The first kappa shape index (κ1) is 14.6. The van der Waals surface area contributed by atoms with Crippen molar-refractivity contribution >= 4 is 16.0 Å². The van der Waals surface area contributed by atoms with Crippen molar-refractivity contribution in [1.29, 1.82) is 0 Å². The molecule has 0 aliphatic heterocycles. The van der Waals surface area contributed by atoms with Crippen LogP contribution >= 0.6 is 0 Å². The van der Waals surface area contributed by atoms with E-state index in [-0.39, 0.29) is 17.1 Å². The molecule has 6 nitrogen and oxygen atoms in total. The molecule has 1 aromatic carbocycles. The summed E-state index contributed by atoms with van der Waals surface area (Å²) in [5, 5.41) is 8.81. The molecule has 1 atom stereocenters. The van der Waals surface area contributed by atoms with E-state index >= 15 is 0 Å². The molecule has 0 aliphatic rings. The van der Waals surface area contributed by atoms with Crippen molar-refractivity contribution in [1.82, 2.24) is 4.72 Å². The van der Waals surface area contributed by atoms with Crippen LogP contribution < -0.4 is 4.72 Å². The van der Waals surface area contributed by atoms with Gasteiger partial charge in [0.25, 0.3) is 0 Å². The summed E-state index contributed by atoms with van der Waals surface area (Å²) in [6.45, 7) is 1.25. The number of ether oxygens (including phenoxy) is 1. The van der Waals surface area contributed by atoms with Crippen molar-refractivity contribution in [2.45, 2.75) is 17.9 Å². The van der Waals surface area contributed by atoms with Gasteiger partial charge in [-0.2, -0.15) is 0 Å². The molecule has 0 spiro atoms. The summed E-state index contributed by atoms with van der Waals surface area (Å²) in [6, 6.07) is 4.76. The highest BCUT2D eigenvalue weighted by Gasteiger charge is 2.17. The van der Waals surface area contributed by atoms with Crippen molar-refractivity contribution in [3.05, 3.63) is 29.8 Å². The number of sulfonamides is 1. The highest BCUT2D eigenvalue weighted by molar-refractivity contribution is 7.89. The lowest BCUT2D eigenvalue weighted by atomic mass is 10.2. The van der Waals surface area contributed by atoms with Crippen LogP contribution in [0.1, 0.15) is 17.3 Å². The topological polar surface area (TPSA) is 92.7 Å². The molecule has 0 fully saturated rings. The summed E-state index contributed by atoms with van der Waals surface area (Å²) in [5.41, 5.74) is 0.270. The second kappa shape index (κ2) is 5.94. The fourth-order valence-electron chi connectivity index (χ4n) is 1.26. The average molecular weight is 273 g/mol. The van der Waals surface area contributed by atoms with Crippen LogP contribution in [-0.4, -0.2) is 39.3 Å². The van der Waals surface area contributed by atoms with Crippen LogP contribution in [0.25, 0.3) is 0 Å². The van der Waals surface area contributed by atoms with Crippen LogP contribution in [0.15, 0.2) is 29.2 Å². The van der Waals surface area contributed by atoms with Crippen molar-refractivity contribution < 1.29 is 23.1 Å². The standard InChI is InChI=1S/C11H15NO5S/c1-8(7-13)12-18(15,16)10-5-3-9(4-6-10)11(14)17-2/h3-6,8,12-13H,7H2,1-2H3. The molecule has 2 N–H and O–H groups in total. The van der Waals surface area contributed by atoms with Gasteiger partial charge < -0.3 is 9.84 Å². The Labute approximate surface area is 106 Å². The van der Waals surface area contributed by atoms with Gasteiger partial charge in [-0.1, -0.05) is 0 Å². The molecule has 18 heavy (non-hydrogen) atoms. The van der Waals surface area contributed by atoms with Gasteiger partial charge in [0.15, 0.2) is 0 Å². The number of aliphatic hydroxyl groups is 1. The number of benzene rings is 1. The van der Waals surface area contributed by atoms with Gasteiger partial charge in [0.05, 0.1) is 24.2 Å². The van der Waals surface area contributed by atoms with E-state index < -0.39 is 22.0 Å². The fourth-order valence-corrected chi connectivity index (χ4v) is 2.49. The van der Waals surface area contributed by atoms with E-state index in [1.165, 1.54) is 31.4 Å². The second-order valence-corrected chi connectivity index (χ2v) is 5.43. The van der Waals surface area contributed by atoms with Gasteiger partial charge in [0.1, 0.15) is 0 Å². The largest absolute Gasteiger partial charge is 0.465 e. The molecular weight excluding hydrogens is 258 g/mol. The van der Waals surface area contributed by atoms with Crippen LogP contribution in [0.5, 0.6) is 0 Å². The van der Waals surface area contributed by atoms with E-state index in [9.17, 15) is 13.2 Å². The van der Waals surface area contributed by atoms with Gasteiger partial charge in [-0.05, 0) is 31.2 Å². The van der Waals surface area contributed by atoms with Crippen molar-refractivity contribution in [3.63, 3.8) is 0 Å². The first-order valence-electron chi connectivity index (χ1n) is 5.22. The molecule has 0 aliphatic carbocycles. The number of carbonyl (C=O) groups is 1. The zero-order valence-electron chi connectivity index (χ0n) is 10.1. The Morgan fingerprint density at radius 2 is 1.94 bits per heavy atom. The van der Waals surface area contributed by atoms with E-state index in [2.05, 4.69) is 9.46 Å². The first-order chi connectivity index (χ1) is 8.40. The molecule has 0 aromatic heterocycles. The highest BCUT2D eigenvalue weighted by atomic mass is 32.2. The molecule has 0 amide bonds. The summed E-state index contributed by atoms with van der Waals surface area (Å²) in [6.07, 6.45) is 0. The Kier molecular flexibility index (Phi) is 4.83. The van der Waals surface area contributed by atoms with Crippen LogP contribution in [0.4, 0.5) is 0 Å². The van der Waals surface area contributed by atoms with Gasteiger partial charge in [-0.3, -0.25) is 0 Å². The quantitative estimate of drug-likeness (QED) is 0.744. The third-order valence-electron chi connectivity index (χ3n) is 2.22. The average Bonchev–Trinajstić information content (AvgIpc) is 2.37. The Hall–Kier alpha value is -1.44. The number of hydrogen-bond acceptors (Lipinski definition) is 5. The predicted molar refractivity (Wildman–Crippen MR) is 64.7 cm³/mol. The van der Waals surface area contributed by atoms with Crippen molar-refractivity contribution in [2.24, 2.45) is 0 Å². The van der Waals surface area contributed by atoms with Gasteiger partial charge in [-0.15, -0.1) is 0 Å². The number of nitrogens with one attached hydrogen (secondary N) is 1. The van der Waals surface area contributed by atoms with Gasteiger partial charge >= 0.3 is 5.97 Å². The number of hydrogen-bond donors (Lipinski definition) is 2. The molecule has 7 heteroatoms.